The van der Waals surface area contributed by atoms with Crippen LogP contribution in [-0.2, 0) is 40.3 Å². The van der Waals surface area contributed by atoms with Gasteiger partial charge in [0.25, 0.3) is 0 Å². The number of nitrogens with zero attached hydrogens (tertiary/aromatic N) is 2. The SMILES string of the molecule is CC(=O)OC1C(OC/C2=C/C3[C@@H](C(C)C)CC=C(C)[C@@H]3CC(OC(=O)/C=C/c3cn(C)cn3)[C@]3(C)C=C[C@@]2(O)O3)OCC(O)C1O. The number of aromatic nitrogens is 2. The van der Waals surface area contributed by atoms with Crippen molar-refractivity contribution in [2.45, 2.75) is 89.6 Å². The van der Waals surface area contributed by atoms with E-state index in [1.165, 1.54) is 19.1 Å². The van der Waals surface area contributed by atoms with Gasteiger partial charge in [0.2, 0.25) is 5.79 Å². The lowest BCUT2D eigenvalue weighted by Crippen LogP contribution is -2.55. The number of allylic oxidation sites excluding steroid dienone is 3. The highest BCUT2D eigenvalue weighted by atomic mass is 16.7. The minimum absolute atomic E-state index is 0.0396. The number of carbonyl (C=O) groups is 2. The number of esters is 2. The number of fused-ring (bicyclic) bond motifs is 3. The van der Waals surface area contributed by atoms with Crippen molar-refractivity contribution in [3.05, 3.63) is 59.7 Å². The van der Waals surface area contributed by atoms with Crippen molar-refractivity contribution >= 4 is 18.0 Å². The molecule has 6 unspecified atom stereocenters. The second-order valence-corrected chi connectivity index (χ2v) is 13.4. The van der Waals surface area contributed by atoms with E-state index in [2.05, 4.69) is 31.8 Å². The summed E-state index contributed by atoms with van der Waals surface area (Å²) in [4.78, 5) is 29.2. The molecule has 0 saturated carbocycles. The third-order valence-electron chi connectivity index (χ3n) is 9.60. The molecule has 252 valence electrons. The zero-order valence-electron chi connectivity index (χ0n) is 27.2. The monoisotopic (exact) mass is 642 g/mol. The molecule has 4 aliphatic rings. The van der Waals surface area contributed by atoms with Gasteiger partial charge >= 0.3 is 11.9 Å². The summed E-state index contributed by atoms with van der Waals surface area (Å²) in [5.74, 6) is -2.75. The van der Waals surface area contributed by atoms with Crippen molar-refractivity contribution in [2.24, 2.45) is 30.7 Å². The standard InChI is InChI=1S/C34H46N2O10/c1-19(2)24-9-7-20(3)25-14-28(45-29(39)10-8-23-15-36(6)18-35-23)33(5)11-12-34(41,46-33)22(13-26(24)25)16-42-32-31(44-21(4)37)30(40)27(38)17-43-32/h7-8,10-13,15,18-19,24-28,30-32,38,40-41H,9,14,16-17H2,1-6H3/b10-8+,22-13-/t24-,25+,26?,27?,28?,30?,31?,32?,33+,34-/m1/s1. The predicted octanol–water partition coefficient (Wildman–Crippen LogP) is 2.59. The van der Waals surface area contributed by atoms with Gasteiger partial charge in [-0.25, -0.2) is 9.78 Å². The van der Waals surface area contributed by atoms with Gasteiger partial charge < -0.3 is 43.6 Å². The summed E-state index contributed by atoms with van der Waals surface area (Å²) in [6, 6.07) is 0. The van der Waals surface area contributed by atoms with Crippen LogP contribution in [-0.4, -0.2) is 92.1 Å². The van der Waals surface area contributed by atoms with Gasteiger partial charge in [-0.2, -0.15) is 0 Å². The van der Waals surface area contributed by atoms with Gasteiger partial charge in [-0.1, -0.05) is 31.6 Å². The molecule has 0 amide bonds. The Morgan fingerprint density at radius 2 is 2.00 bits per heavy atom. The van der Waals surface area contributed by atoms with Crippen LogP contribution in [0.1, 0.15) is 53.2 Å². The molecule has 46 heavy (non-hydrogen) atoms. The van der Waals surface area contributed by atoms with Crippen molar-refractivity contribution < 1.29 is 48.6 Å². The third-order valence-corrected chi connectivity index (χ3v) is 9.60. The summed E-state index contributed by atoms with van der Waals surface area (Å²) in [7, 11) is 1.84. The van der Waals surface area contributed by atoms with Crippen LogP contribution in [0.15, 0.2) is 54.1 Å². The van der Waals surface area contributed by atoms with Crippen molar-refractivity contribution in [1.82, 2.24) is 9.55 Å². The molecule has 5 rings (SSSR count). The number of hydrogen-bond acceptors (Lipinski definition) is 11. The van der Waals surface area contributed by atoms with E-state index in [4.69, 9.17) is 23.7 Å². The second-order valence-electron chi connectivity index (χ2n) is 13.4. The van der Waals surface area contributed by atoms with Crippen molar-refractivity contribution in [3.8, 4) is 0 Å². The maximum absolute atomic E-state index is 13.2. The lowest BCUT2D eigenvalue weighted by molar-refractivity contribution is -0.276. The van der Waals surface area contributed by atoms with Crippen LogP contribution in [0, 0.1) is 23.7 Å². The number of imidazole rings is 1. The molecule has 3 N–H and O–H groups in total. The highest BCUT2D eigenvalue weighted by Crippen LogP contribution is 2.49. The summed E-state index contributed by atoms with van der Waals surface area (Å²) in [5.41, 5.74) is 0.981. The second kappa shape index (κ2) is 13.5. The van der Waals surface area contributed by atoms with E-state index >= 15 is 0 Å². The average molecular weight is 643 g/mol. The molecular formula is C34H46N2O10. The van der Waals surface area contributed by atoms with Gasteiger partial charge in [0, 0.05) is 31.8 Å². The lowest BCUT2D eigenvalue weighted by atomic mass is 9.65. The van der Waals surface area contributed by atoms with Crippen LogP contribution in [0.3, 0.4) is 0 Å². The predicted molar refractivity (Wildman–Crippen MR) is 165 cm³/mol. The van der Waals surface area contributed by atoms with E-state index in [1.807, 2.05) is 13.1 Å². The van der Waals surface area contributed by atoms with E-state index in [0.717, 1.165) is 12.0 Å². The zero-order valence-corrected chi connectivity index (χ0v) is 27.2. The number of aliphatic hydroxyl groups excluding tert-OH is 2. The number of hydrogen-bond donors (Lipinski definition) is 3. The Labute approximate surface area is 269 Å². The van der Waals surface area contributed by atoms with Gasteiger partial charge in [0.05, 0.1) is 25.2 Å². The van der Waals surface area contributed by atoms with E-state index in [1.54, 1.807) is 36.2 Å². The largest absolute Gasteiger partial charge is 0.456 e. The van der Waals surface area contributed by atoms with Gasteiger partial charge in [-0.15, -0.1) is 0 Å². The molecule has 0 radical (unpaired) electrons. The maximum Gasteiger partial charge on any atom is 0.331 e. The molecule has 2 bridgehead atoms. The fourth-order valence-electron chi connectivity index (χ4n) is 6.94. The van der Waals surface area contributed by atoms with Gasteiger partial charge in [0.1, 0.15) is 23.9 Å². The molecule has 1 aromatic rings. The first-order valence-corrected chi connectivity index (χ1v) is 15.8. The first-order chi connectivity index (χ1) is 21.7. The quantitative estimate of drug-likeness (QED) is 0.217. The van der Waals surface area contributed by atoms with Crippen LogP contribution in [0.5, 0.6) is 0 Å². The molecule has 1 saturated heterocycles. The van der Waals surface area contributed by atoms with Crippen molar-refractivity contribution in [1.29, 1.82) is 0 Å². The normalized spacial score (nSPS) is 38.7. The first-order valence-electron chi connectivity index (χ1n) is 15.8. The van der Waals surface area contributed by atoms with E-state index in [9.17, 15) is 24.9 Å². The summed E-state index contributed by atoms with van der Waals surface area (Å²) >= 11 is 0. The summed E-state index contributed by atoms with van der Waals surface area (Å²) in [6.45, 7) is 8.95. The Morgan fingerprint density at radius 1 is 1.24 bits per heavy atom. The van der Waals surface area contributed by atoms with Gasteiger partial charge in [0.15, 0.2) is 12.4 Å². The Bertz CT molecular complexity index is 1410. The van der Waals surface area contributed by atoms with Crippen LogP contribution in [0.25, 0.3) is 6.08 Å². The van der Waals surface area contributed by atoms with Gasteiger partial charge in [-0.3, -0.25) is 4.79 Å². The lowest BCUT2D eigenvalue weighted by Gasteiger charge is -2.41. The molecule has 1 fully saturated rings. The smallest absolute Gasteiger partial charge is 0.331 e. The zero-order chi connectivity index (χ0) is 33.4. The number of rotatable bonds is 8. The molecule has 12 heteroatoms. The summed E-state index contributed by atoms with van der Waals surface area (Å²) < 4.78 is 31.2. The fourth-order valence-corrected chi connectivity index (χ4v) is 6.94. The minimum Gasteiger partial charge on any atom is -0.456 e. The highest BCUT2D eigenvalue weighted by Gasteiger charge is 2.53. The third kappa shape index (κ3) is 7.22. The van der Waals surface area contributed by atoms with Crippen LogP contribution >= 0.6 is 0 Å². The Morgan fingerprint density at radius 3 is 2.67 bits per heavy atom. The fraction of sp³-hybridized carbons (Fsp3) is 0.618. The Kier molecular flexibility index (Phi) is 10.1. The molecule has 10 atom stereocenters. The maximum atomic E-state index is 13.2. The molecule has 4 heterocycles. The molecule has 1 aliphatic carbocycles. The van der Waals surface area contributed by atoms with E-state index in [0.29, 0.717) is 23.6 Å². The van der Waals surface area contributed by atoms with Gasteiger partial charge in [-0.05, 0) is 68.6 Å². The molecule has 1 aromatic heterocycles. The van der Waals surface area contributed by atoms with Crippen molar-refractivity contribution in [2.75, 3.05) is 13.2 Å². The Hall–Kier alpha value is -3.13. The first kappa shape index (κ1) is 34.2. The number of aryl methyl sites for hydroxylation is 1. The molecular weight excluding hydrogens is 596 g/mol. The average Bonchev–Trinajstić information content (AvgIpc) is 3.56. The number of aliphatic hydroxyl groups is 3. The van der Waals surface area contributed by atoms with Crippen molar-refractivity contribution in [3.63, 3.8) is 0 Å². The highest BCUT2D eigenvalue weighted by molar-refractivity contribution is 5.86. The van der Waals surface area contributed by atoms with Crippen LogP contribution in [0.4, 0.5) is 0 Å². The number of ether oxygens (including phenoxy) is 5. The molecule has 3 aliphatic heterocycles. The number of carbonyl (C=O) groups excluding carboxylic acids is 2. The topological polar surface area (TPSA) is 159 Å². The molecule has 12 nitrogen and oxygen atoms in total. The molecule has 0 aromatic carbocycles. The van der Waals surface area contributed by atoms with E-state index < -0.39 is 54.0 Å². The summed E-state index contributed by atoms with van der Waals surface area (Å²) in [6.07, 6.45) is 9.21. The van der Waals surface area contributed by atoms with E-state index in [-0.39, 0.29) is 31.0 Å². The summed E-state index contributed by atoms with van der Waals surface area (Å²) in [5, 5.41) is 32.7. The molecule has 0 spiro atoms. The van der Waals surface area contributed by atoms with Crippen LogP contribution in [0.2, 0.25) is 0 Å². The Balaban J connectivity index is 1.46. The minimum atomic E-state index is -1.92. The van der Waals surface area contributed by atoms with Crippen LogP contribution < -0.4 is 0 Å².